The van der Waals surface area contributed by atoms with Crippen molar-refractivity contribution in [3.05, 3.63) is 41.5 Å². The van der Waals surface area contributed by atoms with Gasteiger partial charge in [-0.15, -0.1) is 0 Å². The fourth-order valence-electron chi connectivity index (χ4n) is 2.30. The lowest BCUT2D eigenvalue weighted by atomic mass is 9.75. The number of ether oxygens (including phenoxy) is 1. The lowest BCUT2D eigenvalue weighted by Gasteiger charge is -2.30. The lowest BCUT2D eigenvalue weighted by Crippen LogP contribution is -2.23. The molecule has 1 nitrogen and oxygen atoms in total. The molecule has 0 saturated heterocycles. The molecule has 0 fully saturated rings. The second-order valence-electron chi connectivity index (χ2n) is 7.87. The van der Waals surface area contributed by atoms with E-state index in [4.69, 9.17) is 4.74 Å². The van der Waals surface area contributed by atoms with Crippen LogP contribution in [0.15, 0.2) is 35.9 Å². The van der Waals surface area contributed by atoms with Gasteiger partial charge in [-0.25, -0.2) is 0 Å². The minimum absolute atomic E-state index is 0.160. The number of rotatable bonds is 3. The molecule has 0 aromatic heterocycles. The van der Waals surface area contributed by atoms with Crippen LogP contribution in [0.3, 0.4) is 0 Å². The normalized spacial score (nSPS) is 13.8. The second-order valence-corrected chi connectivity index (χ2v) is 7.87. The third kappa shape index (κ3) is 5.40. The molecule has 0 N–H and O–H groups in total. The molecular weight excluding hydrogens is 244 g/mol. The fourth-order valence-corrected chi connectivity index (χ4v) is 2.30. The molecule has 0 aliphatic heterocycles. The Morgan fingerprint density at radius 2 is 1.65 bits per heavy atom. The Kier molecular flexibility index (Phi) is 5.07. The monoisotopic (exact) mass is 274 g/mol. The molecule has 1 aromatic rings. The van der Waals surface area contributed by atoms with E-state index in [9.17, 15) is 0 Å². The van der Waals surface area contributed by atoms with Crippen LogP contribution in [0.1, 0.15) is 66.9 Å². The van der Waals surface area contributed by atoms with Crippen molar-refractivity contribution in [2.24, 2.45) is 5.41 Å². The molecule has 0 aliphatic rings. The number of hydrogen-bond donors (Lipinski definition) is 0. The highest BCUT2D eigenvalue weighted by Gasteiger charge is 2.24. The first kappa shape index (κ1) is 16.8. The zero-order valence-corrected chi connectivity index (χ0v) is 14.4. The summed E-state index contributed by atoms with van der Waals surface area (Å²) in [6, 6.07) is 8.51. The number of allylic oxidation sites excluding steroid dienone is 2. The topological polar surface area (TPSA) is 9.23 Å². The van der Waals surface area contributed by atoms with Crippen molar-refractivity contribution in [1.29, 1.82) is 0 Å². The summed E-state index contributed by atoms with van der Waals surface area (Å²) in [6.45, 7) is 17.4. The van der Waals surface area contributed by atoms with Gasteiger partial charge in [-0.2, -0.15) is 0 Å². The molecule has 1 heteroatoms. The van der Waals surface area contributed by atoms with Crippen molar-refractivity contribution >= 4 is 0 Å². The zero-order valence-electron chi connectivity index (χ0n) is 14.4. The second kappa shape index (κ2) is 6.03. The van der Waals surface area contributed by atoms with Crippen molar-refractivity contribution in [2.45, 2.75) is 66.9 Å². The Morgan fingerprint density at radius 3 is 2.10 bits per heavy atom. The van der Waals surface area contributed by atoms with Gasteiger partial charge in [0, 0.05) is 5.92 Å². The zero-order chi connectivity index (χ0) is 15.6. The predicted molar refractivity (Wildman–Crippen MR) is 88.5 cm³/mol. The van der Waals surface area contributed by atoms with Crippen LogP contribution < -0.4 is 4.74 Å². The van der Waals surface area contributed by atoms with Gasteiger partial charge >= 0.3 is 0 Å². The Hall–Kier alpha value is -1.24. The highest BCUT2D eigenvalue weighted by molar-refractivity contribution is 5.35. The van der Waals surface area contributed by atoms with Crippen molar-refractivity contribution in [3.63, 3.8) is 0 Å². The largest absolute Gasteiger partial charge is 0.488 e. The molecule has 1 unspecified atom stereocenters. The molecule has 0 radical (unpaired) electrons. The molecule has 0 amide bonds. The Morgan fingerprint density at radius 1 is 1.05 bits per heavy atom. The van der Waals surface area contributed by atoms with Gasteiger partial charge in [-0.1, -0.05) is 44.6 Å². The van der Waals surface area contributed by atoms with E-state index in [2.05, 4.69) is 79.7 Å². The summed E-state index contributed by atoms with van der Waals surface area (Å²) in [7, 11) is 0. The van der Waals surface area contributed by atoms with E-state index in [0.717, 1.165) is 5.75 Å². The summed E-state index contributed by atoms with van der Waals surface area (Å²) in [5, 5.41) is 0. The van der Waals surface area contributed by atoms with E-state index in [0.29, 0.717) is 5.92 Å². The van der Waals surface area contributed by atoms with E-state index >= 15 is 0 Å². The Balaban J connectivity index is 3.16. The first-order chi connectivity index (χ1) is 8.99. The van der Waals surface area contributed by atoms with E-state index in [1.807, 2.05) is 6.07 Å². The SMILES string of the molecule is CC(C)=CC(c1cccc(OC(C)(C)C)c1)C(C)(C)C. The van der Waals surface area contributed by atoms with Crippen molar-refractivity contribution in [3.8, 4) is 5.75 Å². The quantitative estimate of drug-likeness (QED) is 0.618. The van der Waals surface area contributed by atoms with Crippen molar-refractivity contribution in [2.75, 3.05) is 0 Å². The minimum atomic E-state index is -0.160. The maximum atomic E-state index is 5.99. The Labute approximate surface area is 125 Å². The summed E-state index contributed by atoms with van der Waals surface area (Å²) < 4.78 is 5.99. The van der Waals surface area contributed by atoms with Crippen LogP contribution in [0.5, 0.6) is 5.75 Å². The lowest BCUT2D eigenvalue weighted by molar-refractivity contribution is 0.130. The highest BCUT2D eigenvalue weighted by Crippen LogP contribution is 2.38. The molecule has 20 heavy (non-hydrogen) atoms. The number of benzene rings is 1. The molecule has 0 bridgehead atoms. The van der Waals surface area contributed by atoms with Crippen LogP contribution in [0.4, 0.5) is 0 Å². The smallest absolute Gasteiger partial charge is 0.120 e. The van der Waals surface area contributed by atoms with Gasteiger partial charge in [0.05, 0.1) is 0 Å². The summed E-state index contributed by atoms with van der Waals surface area (Å²) >= 11 is 0. The van der Waals surface area contributed by atoms with Gasteiger partial charge in [0.15, 0.2) is 0 Å². The standard InChI is InChI=1S/C19H30O/c1-14(2)12-17(18(3,4)5)15-10-9-11-16(13-15)20-19(6,7)8/h9-13,17H,1-8H3. The number of hydrogen-bond acceptors (Lipinski definition) is 1. The average molecular weight is 274 g/mol. The molecule has 0 spiro atoms. The molecule has 0 heterocycles. The minimum Gasteiger partial charge on any atom is -0.488 e. The first-order valence-electron chi connectivity index (χ1n) is 7.43. The van der Waals surface area contributed by atoms with Crippen LogP contribution in [-0.2, 0) is 0 Å². The van der Waals surface area contributed by atoms with Crippen LogP contribution >= 0.6 is 0 Å². The molecule has 0 aliphatic carbocycles. The van der Waals surface area contributed by atoms with E-state index in [-0.39, 0.29) is 11.0 Å². The summed E-state index contributed by atoms with van der Waals surface area (Å²) in [5.41, 5.74) is 2.71. The molecular formula is C19H30O. The van der Waals surface area contributed by atoms with Gasteiger partial charge in [-0.3, -0.25) is 0 Å². The maximum absolute atomic E-state index is 5.99. The maximum Gasteiger partial charge on any atom is 0.120 e. The molecule has 0 saturated carbocycles. The third-order valence-electron chi connectivity index (χ3n) is 3.07. The van der Waals surface area contributed by atoms with Gasteiger partial charge < -0.3 is 4.74 Å². The fraction of sp³-hybridized carbons (Fsp3) is 0.579. The third-order valence-corrected chi connectivity index (χ3v) is 3.07. The van der Waals surface area contributed by atoms with Gasteiger partial charge in [0.2, 0.25) is 0 Å². The molecule has 1 rings (SSSR count). The van der Waals surface area contributed by atoms with Crippen molar-refractivity contribution < 1.29 is 4.74 Å². The summed E-state index contributed by atoms with van der Waals surface area (Å²) in [6.07, 6.45) is 2.36. The summed E-state index contributed by atoms with van der Waals surface area (Å²) in [4.78, 5) is 0. The van der Waals surface area contributed by atoms with E-state index in [1.54, 1.807) is 0 Å². The predicted octanol–water partition coefficient (Wildman–Crippen LogP) is 5.96. The molecule has 1 aromatic carbocycles. The van der Waals surface area contributed by atoms with Crippen LogP contribution in [0.2, 0.25) is 0 Å². The van der Waals surface area contributed by atoms with Gasteiger partial charge in [0.25, 0.3) is 0 Å². The molecule has 112 valence electrons. The first-order valence-corrected chi connectivity index (χ1v) is 7.43. The highest BCUT2D eigenvalue weighted by atomic mass is 16.5. The Bertz CT molecular complexity index is 465. The van der Waals surface area contributed by atoms with E-state index in [1.165, 1.54) is 11.1 Å². The summed E-state index contributed by atoms with van der Waals surface area (Å²) in [5.74, 6) is 1.35. The van der Waals surface area contributed by atoms with Gasteiger partial charge in [-0.05, 0) is 57.7 Å². The van der Waals surface area contributed by atoms with E-state index < -0.39 is 0 Å². The average Bonchev–Trinajstić information content (AvgIpc) is 2.22. The van der Waals surface area contributed by atoms with Crippen LogP contribution in [0, 0.1) is 5.41 Å². The van der Waals surface area contributed by atoms with Crippen LogP contribution in [0.25, 0.3) is 0 Å². The van der Waals surface area contributed by atoms with Crippen molar-refractivity contribution in [1.82, 2.24) is 0 Å². The molecule has 1 atom stereocenters. The van der Waals surface area contributed by atoms with Crippen LogP contribution in [-0.4, -0.2) is 5.60 Å². The van der Waals surface area contributed by atoms with Gasteiger partial charge in [0.1, 0.15) is 11.4 Å².